The molecule has 0 bridgehead atoms. The zero-order valence-corrected chi connectivity index (χ0v) is 10.4. The summed E-state index contributed by atoms with van der Waals surface area (Å²) in [5.74, 6) is 1.69. The molecule has 1 aromatic heterocycles. The Morgan fingerprint density at radius 3 is 3.00 bits per heavy atom. The molecule has 0 fully saturated rings. The van der Waals surface area contributed by atoms with Gasteiger partial charge in [-0.05, 0) is 24.6 Å². The van der Waals surface area contributed by atoms with E-state index in [0.29, 0.717) is 5.88 Å². The lowest BCUT2D eigenvalue weighted by molar-refractivity contribution is 0.731. The monoisotopic (exact) mass is 237 g/mol. The zero-order chi connectivity index (χ0) is 11.5. The SMILES string of the molecule is Cc1nc2cc(CNCCCl)ccc2n1C. The third-order valence-corrected chi connectivity index (χ3v) is 2.96. The summed E-state index contributed by atoms with van der Waals surface area (Å²) in [6.07, 6.45) is 0. The largest absolute Gasteiger partial charge is 0.331 e. The predicted molar refractivity (Wildman–Crippen MR) is 67.9 cm³/mol. The molecule has 0 aliphatic rings. The maximum Gasteiger partial charge on any atom is 0.106 e. The van der Waals surface area contributed by atoms with Crippen LogP contribution in [0.25, 0.3) is 11.0 Å². The maximum absolute atomic E-state index is 5.61. The summed E-state index contributed by atoms with van der Waals surface area (Å²) >= 11 is 5.61. The van der Waals surface area contributed by atoms with Crippen molar-refractivity contribution in [2.75, 3.05) is 12.4 Å². The van der Waals surface area contributed by atoms with Crippen molar-refractivity contribution in [1.29, 1.82) is 0 Å². The van der Waals surface area contributed by atoms with E-state index in [2.05, 4.69) is 33.1 Å². The van der Waals surface area contributed by atoms with E-state index < -0.39 is 0 Å². The van der Waals surface area contributed by atoms with E-state index in [4.69, 9.17) is 11.6 Å². The average Bonchev–Trinajstić information content (AvgIpc) is 2.55. The molecule has 0 saturated carbocycles. The number of hydrogen-bond acceptors (Lipinski definition) is 2. The Morgan fingerprint density at radius 1 is 1.44 bits per heavy atom. The van der Waals surface area contributed by atoms with Gasteiger partial charge in [-0.25, -0.2) is 4.98 Å². The van der Waals surface area contributed by atoms with Crippen LogP contribution in [-0.2, 0) is 13.6 Å². The van der Waals surface area contributed by atoms with Crippen molar-refractivity contribution in [2.24, 2.45) is 7.05 Å². The number of fused-ring (bicyclic) bond motifs is 1. The van der Waals surface area contributed by atoms with Crippen LogP contribution in [0.3, 0.4) is 0 Å². The topological polar surface area (TPSA) is 29.9 Å². The lowest BCUT2D eigenvalue weighted by Gasteiger charge is -2.03. The van der Waals surface area contributed by atoms with E-state index in [-0.39, 0.29) is 0 Å². The van der Waals surface area contributed by atoms with Crippen molar-refractivity contribution < 1.29 is 0 Å². The van der Waals surface area contributed by atoms with Gasteiger partial charge in [0.05, 0.1) is 11.0 Å². The van der Waals surface area contributed by atoms with Crippen molar-refractivity contribution in [1.82, 2.24) is 14.9 Å². The number of nitrogens with one attached hydrogen (secondary N) is 1. The number of imidazole rings is 1. The highest BCUT2D eigenvalue weighted by Gasteiger charge is 2.04. The average molecular weight is 238 g/mol. The number of rotatable bonds is 4. The smallest absolute Gasteiger partial charge is 0.106 e. The van der Waals surface area contributed by atoms with Crippen molar-refractivity contribution in [3.05, 3.63) is 29.6 Å². The molecule has 1 aromatic carbocycles. The number of benzene rings is 1. The molecule has 0 amide bonds. The highest BCUT2D eigenvalue weighted by Crippen LogP contribution is 2.16. The number of halogens is 1. The van der Waals surface area contributed by atoms with Gasteiger partial charge in [0.2, 0.25) is 0 Å². The van der Waals surface area contributed by atoms with E-state index in [9.17, 15) is 0 Å². The fourth-order valence-corrected chi connectivity index (χ4v) is 1.91. The molecule has 4 heteroatoms. The third-order valence-electron chi connectivity index (χ3n) is 2.77. The molecule has 2 aromatic rings. The quantitative estimate of drug-likeness (QED) is 0.653. The van der Waals surface area contributed by atoms with Gasteiger partial charge in [0.1, 0.15) is 5.82 Å². The molecule has 0 atom stereocenters. The Bertz CT molecular complexity index is 490. The Morgan fingerprint density at radius 2 is 2.25 bits per heavy atom. The lowest BCUT2D eigenvalue weighted by Crippen LogP contribution is -2.15. The number of nitrogens with zero attached hydrogens (tertiary/aromatic N) is 2. The summed E-state index contributed by atoms with van der Waals surface area (Å²) in [6.45, 7) is 3.70. The van der Waals surface area contributed by atoms with E-state index in [1.54, 1.807) is 0 Å². The van der Waals surface area contributed by atoms with Crippen molar-refractivity contribution in [2.45, 2.75) is 13.5 Å². The van der Waals surface area contributed by atoms with Crippen LogP contribution in [0.1, 0.15) is 11.4 Å². The van der Waals surface area contributed by atoms with Crippen molar-refractivity contribution >= 4 is 22.6 Å². The van der Waals surface area contributed by atoms with E-state index >= 15 is 0 Å². The van der Waals surface area contributed by atoms with Gasteiger partial charge >= 0.3 is 0 Å². The Hall–Kier alpha value is -1.06. The summed E-state index contributed by atoms with van der Waals surface area (Å²) in [5, 5.41) is 3.27. The number of aryl methyl sites for hydroxylation is 2. The highest BCUT2D eigenvalue weighted by molar-refractivity contribution is 6.18. The molecule has 2 rings (SSSR count). The van der Waals surface area contributed by atoms with Crippen molar-refractivity contribution in [3.63, 3.8) is 0 Å². The predicted octanol–water partition coefficient (Wildman–Crippen LogP) is 2.21. The molecule has 86 valence electrons. The second-order valence-electron chi connectivity index (χ2n) is 3.91. The first-order chi connectivity index (χ1) is 7.72. The minimum Gasteiger partial charge on any atom is -0.331 e. The Labute approximate surface area is 100 Å². The van der Waals surface area contributed by atoms with Crippen LogP contribution in [0, 0.1) is 6.92 Å². The molecule has 0 saturated heterocycles. The summed E-state index contributed by atoms with van der Waals surface area (Å²) in [5.41, 5.74) is 3.49. The normalized spacial score (nSPS) is 11.2. The molecule has 16 heavy (non-hydrogen) atoms. The second-order valence-corrected chi connectivity index (χ2v) is 4.28. The van der Waals surface area contributed by atoms with Gasteiger partial charge in [0.15, 0.2) is 0 Å². The molecule has 0 radical (unpaired) electrons. The fourth-order valence-electron chi connectivity index (χ4n) is 1.78. The van der Waals surface area contributed by atoms with Crippen LogP contribution in [0.2, 0.25) is 0 Å². The number of hydrogen-bond donors (Lipinski definition) is 1. The first kappa shape index (κ1) is 11.4. The lowest BCUT2D eigenvalue weighted by atomic mass is 10.2. The summed E-state index contributed by atoms with van der Waals surface area (Å²) in [7, 11) is 2.04. The van der Waals surface area contributed by atoms with Crippen LogP contribution in [-0.4, -0.2) is 22.0 Å². The molecule has 0 spiro atoms. The minimum atomic E-state index is 0.644. The maximum atomic E-state index is 5.61. The third kappa shape index (κ3) is 2.20. The fraction of sp³-hybridized carbons (Fsp3) is 0.417. The van der Waals surface area contributed by atoms with Gasteiger partial charge < -0.3 is 9.88 Å². The standard InChI is InChI=1S/C12H16ClN3/c1-9-15-11-7-10(8-14-6-5-13)3-4-12(11)16(9)2/h3-4,7,14H,5-6,8H2,1-2H3. The number of alkyl halides is 1. The molecule has 0 unspecified atom stereocenters. The van der Waals surface area contributed by atoms with Crippen LogP contribution in [0.15, 0.2) is 18.2 Å². The summed E-state index contributed by atoms with van der Waals surface area (Å²) in [4.78, 5) is 4.51. The first-order valence-corrected chi connectivity index (χ1v) is 5.94. The molecule has 0 aliphatic carbocycles. The van der Waals surface area contributed by atoms with Gasteiger partial charge in [-0.2, -0.15) is 0 Å². The Kier molecular flexibility index (Phi) is 3.46. The van der Waals surface area contributed by atoms with E-state index in [1.165, 1.54) is 11.1 Å². The van der Waals surface area contributed by atoms with Gasteiger partial charge in [-0.3, -0.25) is 0 Å². The van der Waals surface area contributed by atoms with Crippen LogP contribution in [0.4, 0.5) is 0 Å². The van der Waals surface area contributed by atoms with Crippen LogP contribution < -0.4 is 5.32 Å². The van der Waals surface area contributed by atoms with Crippen LogP contribution in [0.5, 0.6) is 0 Å². The molecule has 1 heterocycles. The van der Waals surface area contributed by atoms with Crippen molar-refractivity contribution in [3.8, 4) is 0 Å². The molecule has 0 aliphatic heterocycles. The first-order valence-electron chi connectivity index (χ1n) is 5.41. The second kappa shape index (κ2) is 4.85. The van der Waals surface area contributed by atoms with E-state index in [0.717, 1.165) is 24.4 Å². The molecular formula is C12H16ClN3. The summed E-state index contributed by atoms with van der Waals surface area (Å²) < 4.78 is 2.10. The molecule has 1 N–H and O–H groups in total. The minimum absolute atomic E-state index is 0.644. The van der Waals surface area contributed by atoms with Gasteiger partial charge in [-0.15, -0.1) is 11.6 Å². The highest BCUT2D eigenvalue weighted by atomic mass is 35.5. The number of aromatic nitrogens is 2. The zero-order valence-electron chi connectivity index (χ0n) is 9.63. The van der Waals surface area contributed by atoms with Crippen LogP contribution >= 0.6 is 11.6 Å². The molecular weight excluding hydrogens is 222 g/mol. The van der Waals surface area contributed by atoms with Gasteiger partial charge in [0, 0.05) is 26.0 Å². The Balaban J connectivity index is 2.23. The van der Waals surface area contributed by atoms with Gasteiger partial charge in [0.25, 0.3) is 0 Å². The molecule has 3 nitrogen and oxygen atoms in total. The summed E-state index contributed by atoms with van der Waals surface area (Å²) in [6, 6.07) is 6.38. The van der Waals surface area contributed by atoms with E-state index in [1.807, 2.05) is 14.0 Å². The van der Waals surface area contributed by atoms with Gasteiger partial charge in [-0.1, -0.05) is 6.07 Å².